The second kappa shape index (κ2) is 11.8. The quantitative estimate of drug-likeness (QED) is 0.233. The highest BCUT2D eigenvalue weighted by molar-refractivity contribution is 9.10. The molecule has 3 rings (SSSR count). The maximum absolute atomic E-state index is 12.1. The molecule has 3 aromatic rings. The predicted molar refractivity (Wildman–Crippen MR) is 129 cm³/mol. The number of ether oxygens (including phenoxy) is 2. The van der Waals surface area contributed by atoms with E-state index in [0.717, 1.165) is 15.6 Å². The number of carbonyl (C=O) groups is 1. The molecule has 0 spiro atoms. The number of amides is 1. The van der Waals surface area contributed by atoms with Crippen molar-refractivity contribution in [2.75, 3.05) is 6.61 Å². The van der Waals surface area contributed by atoms with Gasteiger partial charge in [-0.2, -0.15) is 5.10 Å². The van der Waals surface area contributed by atoms with Crippen molar-refractivity contribution in [1.29, 1.82) is 0 Å². The van der Waals surface area contributed by atoms with Gasteiger partial charge in [-0.25, -0.2) is 5.43 Å². The van der Waals surface area contributed by atoms with Gasteiger partial charge in [0, 0.05) is 16.6 Å². The Morgan fingerprint density at radius 3 is 2.39 bits per heavy atom. The van der Waals surface area contributed by atoms with E-state index in [1.165, 1.54) is 18.3 Å². The summed E-state index contributed by atoms with van der Waals surface area (Å²) in [5.74, 6) is 0.856. The summed E-state index contributed by atoms with van der Waals surface area (Å²) >= 11 is 3.41. The molecule has 0 aliphatic rings. The lowest BCUT2D eigenvalue weighted by Gasteiger charge is -2.12. The highest BCUT2D eigenvalue weighted by Gasteiger charge is 2.08. The Hall–Kier alpha value is -3.72. The molecule has 9 heteroatoms. The molecular formula is C24H22BrN3O5. The lowest BCUT2D eigenvalue weighted by Crippen LogP contribution is -2.19. The summed E-state index contributed by atoms with van der Waals surface area (Å²) < 4.78 is 12.6. The van der Waals surface area contributed by atoms with Gasteiger partial charge in [-0.1, -0.05) is 40.2 Å². The molecule has 0 fully saturated rings. The van der Waals surface area contributed by atoms with E-state index < -0.39 is 4.92 Å². The Bertz CT molecular complexity index is 1130. The summed E-state index contributed by atoms with van der Waals surface area (Å²) in [6.07, 6.45) is 1.57. The zero-order valence-corrected chi connectivity index (χ0v) is 19.4. The van der Waals surface area contributed by atoms with Crippen LogP contribution in [0.3, 0.4) is 0 Å². The van der Waals surface area contributed by atoms with Gasteiger partial charge in [0.25, 0.3) is 5.69 Å². The van der Waals surface area contributed by atoms with E-state index in [9.17, 15) is 14.9 Å². The molecule has 0 unspecified atom stereocenters. The molecule has 0 saturated heterocycles. The molecule has 8 nitrogen and oxygen atoms in total. The van der Waals surface area contributed by atoms with Crippen molar-refractivity contribution in [2.24, 2.45) is 5.10 Å². The maximum atomic E-state index is 12.1. The monoisotopic (exact) mass is 511 g/mol. The molecule has 0 aliphatic carbocycles. The van der Waals surface area contributed by atoms with E-state index >= 15 is 0 Å². The fourth-order valence-corrected chi connectivity index (χ4v) is 3.14. The summed E-state index contributed by atoms with van der Waals surface area (Å²) in [7, 11) is 0. The van der Waals surface area contributed by atoms with Crippen LogP contribution >= 0.6 is 15.9 Å². The molecule has 0 atom stereocenters. The first-order valence-corrected chi connectivity index (χ1v) is 10.9. The van der Waals surface area contributed by atoms with Gasteiger partial charge in [-0.05, 0) is 53.9 Å². The molecule has 170 valence electrons. The van der Waals surface area contributed by atoms with Crippen LogP contribution in [0.5, 0.6) is 11.5 Å². The molecule has 0 aliphatic heterocycles. The van der Waals surface area contributed by atoms with Crippen molar-refractivity contribution < 1.29 is 19.2 Å². The van der Waals surface area contributed by atoms with Gasteiger partial charge in [0.15, 0.2) is 11.5 Å². The zero-order chi connectivity index (χ0) is 23.6. The average Bonchev–Trinajstić information content (AvgIpc) is 2.80. The molecule has 33 heavy (non-hydrogen) atoms. The van der Waals surface area contributed by atoms with E-state index in [4.69, 9.17) is 9.47 Å². The number of nitrogens with zero attached hydrogens (tertiary/aromatic N) is 2. The number of hydrogen-bond donors (Lipinski definition) is 1. The number of nitro benzene ring substituents is 1. The summed E-state index contributed by atoms with van der Waals surface area (Å²) in [4.78, 5) is 22.3. The lowest BCUT2D eigenvalue weighted by atomic mass is 10.1. The third-order valence-electron chi connectivity index (χ3n) is 4.49. The van der Waals surface area contributed by atoms with E-state index in [1.807, 2.05) is 37.3 Å². The largest absolute Gasteiger partial charge is 0.490 e. The third-order valence-corrected chi connectivity index (χ3v) is 5.02. The maximum Gasteiger partial charge on any atom is 0.269 e. The number of halogens is 1. The smallest absolute Gasteiger partial charge is 0.269 e. The van der Waals surface area contributed by atoms with Crippen molar-refractivity contribution in [1.82, 2.24) is 5.43 Å². The second-order valence-electron chi connectivity index (χ2n) is 6.95. The number of benzene rings is 3. The van der Waals surface area contributed by atoms with Gasteiger partial charge in [0.05, 0.1) is 24.2 Å². The Balaban J connectivity index is 1.57. The predicted octanol–water partition coefficient (Wildman–Crippen LogP) is 5.03. The highest BCUT2D eigenvalue weighted by atomic mass is 79.9. The van der Waals surface area contributed by atoms with Gasteiger partial charge < -0.3 is 9.47 Å². The second-order valence-corrected chi connectivity index (χ2v) is 7.86. The van der Waals surface area contributed by atoms with E-state index in [-0.39, 0.29) is 18.0 Å². The highest BCUT2D eigenvalue weighted by Crippen LogP contribution is 2.29. The van der Waals surface area contributed by atoms with Crippen LogP contribution in [-0.2, 0) is 17.8 Å². The Kier molecular flexibility index (Phi) is 8.54. The summed E-state index contributed by atoms with van der Waals surface area (Å²) in [5.41, 5.74) is 4.84. The molecule has 1 N–H and O–H groups in total. The zero-order valence-electron chi connectivity index (χ0n) is 17.9. The first kappa shape index (κ1) is 23.9. The van der Waals surface area contributed by atoms with Crippen LogP contribution < -0.4 is 14.9 Å². The molecule has 0 heterocycles. The first-order valence-electron chi connectivity index (χ1n) is 10.1. The molecular weight excluding hydrogens is 490 g/mol. The van der Waals surface area contributed by atoms with Crippen LogP contribution in [0.2, 0.25) is 0 Å². The van der Waals surface area contributed by atoms with E-state index in [1.54, 1.807) is 24.3 Å². The van der Waals surface area contributed by atoms with Crippen molar-refractivity contribution in [3.05, 3.63) is 98.0 Å². The Labute approximate surface area is 199 Å². The van der Waals surface area contributed by atoms with Gasteiger partial charge in [-0.15, -0.1) is 0 Å². The molecule has 1 amide bonds. The number of non-ortho nitro benzene ring substituents is 1. The normalized spacial score (nSPS) is 10.7. The number of rotatable bonds is 10. The SMILES string of the molecule is CCOc1cc(/C=N\NC(=O)Cc2ccc([N+](=O)[O-])cc2)ccc1OCc1ccc(Br)cc1. The molecule has 0 saturated carbocycles. The standard InChI is InChI=1S/C24H22BrN3O5/c1-2-32-23-13-19(7-12-22(23)33-16-18-3-8-20(25)9-4-18)15-26-27-24(29)14-17-5-10-21(11-6-17)28(30)31/h3-13,15H,2,14,16H2,1H3,(H,27,29)/b26-15-. The topological polar surface area (TPSA) is 103 Å². The van der Waals surface area contributed by atoms with Crippen molar-refractivity contribution >= 4 is 33.7 Å². The van der Waals surface area contributed by atoms with Gasteiger partial charge >= 0.3 is 0 Å². The third kappa shape index (κ3) is 7.43. The van der Waals surface area contributed by atoms with E-state index in [2.05, 4.69) is 26.5 Å². The average molecular weight is 512 g/mol. The minimum atomic E-state index is -0.484. The fraction of sp³-hybridized carbons (Fsp3) is 0.167. The molecule has 3 aromatic carbocycles. The van der Waals surface area contributed by atoms with Crippen molar-refractivity contribution in [2.45, 2.75) is 20.0 Å². The van der Waals surface area contributed by atoms with Gasteiger partial charge in [0.1, 0.15) is 6.61 Å². The summed E-state index contributed by atoms with van der Waals surface area (Å²) in [6, 6.07) is 19.1. The minimum absolute atomic E-state index is 0.0217. The summed E-state index contributed by atoms with van der Waals surface area (Å²) in [5, 5.41) is 14.7. The molecule has 0 bridgehead atoms. The summed E-state index contributed by atoms with van der Waals surface area (Å²) in [6.45, 7) is 2.76. The van der Waals surface area contributed by atoms with Gasteiger partial charge in [-0.3, -0.25) is 14.9 Å². The van der Waals surface area contributed by atoms with Crippen molar-refractivity contribution in [3.8, 4) is 11.5 Å². The number of nitro groups is 1. The number of carbonyl (C=O) groups excluding carboxylic acids is 1. The lowest BCUT2D eigenvalue weighted by molar-refractivity contribution is -0.384. The van der Waals surface area contributed by atoms with Crippen LogP contribution in [0.15, 0.2) is 76.3 Å². The fourth-order valence-electron chi connectivity index (χ4n) is 2.87. The van der Waals surface area contributed by atoms with Crippen LogP contribution in [0.25, 0.3) is 0 Å². The van der Waals surface area contributed by atoms with Crippen LogP contribution in [0.4, 0.5) is 5.69 Å². The number of nitrogens with one attached hydrogen (secondary N) is 1. The van der Waals surface area contributed by atoms with Crippen LogP contribution in [0, 0.1) is 10.1 Å². The minimum Gasteiger partial charge on any atom is -0.490 e. The number of hydrogen-bond acceptors (Lipinski definition) is 6. The Morgan fingerprint density at radius 2 is 1.73 bits per heavy atom. The molecule has 0 radical (unpaired) electrons. The van der Waals surface area contributed by atoms with Crippen LogP contribution in [0.1, 0.15) is 23.6 Å². The number of hydrazone groups is 1. The first-order chi connectivity index (χ1) is 15.9. The molecule has 0 aromatic heterocycles. The van der Waals surface area contributed by atoms with Crippen molar-refractivity contribution in [3.63, 3.8) is 0 Å². The van der Waals surface area contributed by atoms with Crippen LogP contribution in [-0.4, -0.2) is 23.7 Å². The van der Waals surface area contributed by atoms with Gasteiger partial charge in [0.2, 0.25) is 5.91 Å². The Morgan fingerprint density at radius 1 is 1.03 bits per heavy atom. The van der Waals surface area contributed by atoms with E-state index in [0.29, 0.717) is 30.3 Å².